The number of hydrogen-bond donors (Lipinski definition) is 4. The number of carboxylic acid groups (broad SMARTS) is 1. The van der Waals surface area contributed by atoms with Crippen molar-refractivity contribution in [1.29, 1.82) is 0 Å². The van der Waals surface area contributed by atoms with Crippen LogP contribution < -0.4 is 25.8 Å². The molecule has 5 aliphatic heterocycles. The number of piperidine rings is 1. The van der Waals surface area contributed by atoms with Crippen molar-refractivity contribution >= 4 is 41.2 Å². The van der Waals surface area contributed by atoms with Gasteiger partial charge in [-0.2, -0.15) is 0 Å². The molecule has 12 nitrogen and oxygen atoms in total. The molecule has 364 valence electrons. The van der Waals surface area contributed by atoms with E-state index in [-0.39, 0.29) is 11.9 Å². The average molecular weight is 917 g/mol. The number of nitrogens with one attached hydrogen (secondary N) is 3. The van der Waals surface area contributed by atoms with E-state index >= 15 is 0 Å². The van der Waals surface area contributed by atoms with Gasteiger partial charge in [0.25, 0.3) is 5.97 Å². The molecule has 3 amide bonds. The molecular weight excluding hydrogens is 837 g/mol. The maximum Gasteiger partial charge on any atom is 0.328 e. The molecule has 0 aromatic heterocycles. The number of carboxylic acids is 1. The Balaban J connectivity index is 0.00000133. The predicted octanol–water partition coefficient (Wildman–Crippen LogP) is 10.9. The third kappa shape index (κ3) is 14.4. The van der Waals surface area contributed by atoms with Crippen LogP contribution >= 0.6 is 0 Å². The second-order valence-electron chi connectivity index (χ2n) is 18.6. The lowest BCUT2D eigenvalue weighted by molar-refractivity contribution is -0.134. The lowest BCUT2D eigenvalue weighted by atomic mass is 9.88. The molecule has 0 saturated carbocycles. The number of urea groups is 1. The first-order chi connectivity index (χ1) is 32.2. The van der Waals surface area contributed by atoms with Crippen LogP contribution in [0.2, 0.25) is 0 Å². The van der Waals surface area contributed by atoms with Gasteiger partial charge in [0.1, 0.15) is 5.82 Å². The molecule has 0 bridgehead atoms. The molecule has 3 saturated heterocycles. The Morgan fingerprint density at radius 1 is 0.910 bits per heavy atom. The first-order valence-electron chi connectivity index (χ1n) is 25.0. The molecule has 2 aromatic rings. The van der Waals surface area contributed by atoms with Gasteiger partial charge < -0.3 is 25.5 Å². The first kappa shape index (κ1) is 52.4. The monoisotopic (exact) mass is 917 g/mol. The van der Waals surface area contributed by atoms with Crippen molar-refractivity contribution in [2.75, 3.05) is 67.5 Å². The third-order valence-corrected chi connectivity index (χ3v) is 13.5. The zero-order valence-corrected chi connectivity index (χ0v) is 42.3. The van der Waals surface area contributed by atoms with Crippen LogP contribution in [-0.2, 0) is 9.59 Å². The van der Waals surface area contributed by atoms with Crippen molar-refractivity contribution < 1.29 is 19.5 Å². The molecule has 1 atom stereocenters. The van der Waals surface area contributed by atoms with E-state index in [1.54, 1.807) is 4.90 Å². The highest BCUT2D eigenvalue weighted by atomic mass is 16.4. The van der Waals surface area contributed by atoms with Gasteiger partial charge in [-0.25, -0.2) is 9.79 Å². The number of benzene rings is 2. The fourth-order valence-electron chi connectivity index (χ4n) is 9.82. The summed E-state index contributed by atoms with van der Waals surface area (Å²) in [4.78, 5) is 47.4. The molecule has 2 aromatic carbocycles. The van der Waals surface area contributed by atoms with Gasteiger partial charge in [0.05, 0.1) is 0 Å². The summed E-state index contributed by atoms with van der Waals surface area (Å²) >= 11 is 0. The number of amides is 3. The summed E-state index contributed by atoms with van der Waals surface area (Å²) in [6, 6.07) is 15.6. The Bertz CT molecular complexity index is 2200. The van der Waals surface area contributed by atoms with Crippen molar-refractivity contribution in [1.82, 2.24) is 20.4 Å². The number of rotatable bonds is 13. The highest BCUT2D eigenvalue weighted by molar-refractivity contribution is 6.06. The lowest BCUT2D eigenvalue weighted by Crippen LogP contribution is -2.54. The van der Waals surface area contributed by atoms with Crippen LogP contribution in [0.3, 0.4) is 0 Å². The highest BCUT2D eigenvalue weighted by Gasteiger charge is 2.35. The van der Waals surface area contributed by atoms with E-state index in [0.717, 1.165) is 114 Å². The van der Waals surface area contributed by atoms with Crippen molar-refractivity contribution in [2.45, 2.75) is 133 Å². The van der Waals surface area contributed by atoms with Gasteiger partial charge in [0, 0.05) is 112 Å². The van der Waals surface area contributed by atoms with Crippen LogP contribution in [0.25, 0.3) is 0 Å². The second-order valence-corrected chi connectivity index (χ2v) is 18.6. The number of imide groups is 1. The molecule has 12 heteroatoms. The SMILES string of the molecule is CC.CC(=O)O.CC/C=C/C(=C(/C)C1=C(C)CC(C)CCN1)N1CCC(/C=N\C(=C\CC)Nc2ccc(C3CN(C4CCN(c5ccc(N6CCC(=O)NC6=O)c(C)c5)CC4)C3)cc2)=C(C)C1. The minimum atomic E-state index is -0.833. The number of aliphatic carboxylic acids is 1. The summed E-state index contributed by atoms with van der Waals surface area (Å²) in [5.74, 6) is 1.14. The maximum atomic E-state index is 12.4. The van der Waals surface area contributed by atoms with Crippen LogP contribution in [0.4, 0.5) is 21.9 Å². The summed E-state index contributed by atoms with van der Waals surface area (Å²) < 4.78 is 0. The summed E-state index contributed by atoms with van der Waals surface area (Å²) in [6.07, 6.45) is 16.8. The maximum absolute atomic E-state index is 12.4. The summed E-state index contributed by atoms with van der Waals surface area (Å²) in [6.45, 7) is 28.4. The van der Waals surface area contributed by atoms with Gasteiger partial charge in [-0.05, 0) is 154 Å². The van der Waals surface area contributed by atoms with Crippen LogP contribution in [0.5, 0.6) is 0 Å². The largest absolute Gasteiger partial charge is 0.481 e. The molecule has 0 radical (unpaired) electrons. The Morgan fingerprint density at radius 3 is 2.24 bits per heavy atom. The standard InChI is InChI=1S/C51H70N8O2.C2H4O2.C2H6/c1-8-10-12-47(39(7)50-37(5)29-35(3)19-24-52-50)57-25-20-41(38(6)32-57)31-53-48(11-9-2)54-43-15-13-40(14-16-43)42-33-58(34-42)44-21-26-56(27-22-44)45-17-18-46(36(4)30-45)59-28-23-49(60)55-51(59)61;1-2(3)4;1-2/h10-18,30-31,35,42,44,52,54H,8-9,19-29,32-34H2,1-7H3,(H,55,60,61);1H3,(H,3,4);1-2H3/b12-10+,47-39+,48-11-,53-31-;;. The van der Waals surface area contributed by atoms with E-state index < -0.39 is 5.97 Å². The number of likely N-dealkylation sites (tertiary alicyclic amines) is 1. The number of carbonyl (C=O) groups is 3. The van der Waals surface area contributed by atoms with Crippen LogP contribution in [0.1, 0.15) is 131 Å². The number of aryl methyl sites for hydroxylation is 1. The minimum absolute atomic E-state index is 0.206. The van der Waals surface area contributed by atoms with Crippen molar-refractivity contribution in [3.63, 3.8) is 0 Å². The Hall–Kier alpha value is -5.62. The molecular formula is C55H80N8O4. The fraction of sp³-hybridized carbons (Fsp3) is 0.527. The molecule has 1 unspecified atom stereocenters. The smallest absolute Gasteiger partial charge is 0.328 e. The third-order valence-electron chi connectivity index (χ3n) is 13.5. The molecule has 67 heavy (non-hydrogen) atoms. The summed E-state index contributed by atoms with van der Waals surface area (Å²) in [5.41, 5.74) is 13.8. The van der Waals surface area contributed by atoms with E-state index in [9.17, 15) is 9.59 Å². The number of carbonyl (C=O) groups excluding carboxylic acids is 2. The number of nitrogens with zero attached hydrogens (tertiary/aromatic N) is 5. The minimum Gasteiger partial charge on any atom is -0.481 e. The van der Waals surface area contributed by atoms with E-state index in [4.69, 9.17) is 14.9 Å². The number of anilines is 3. The molecule has 7 rings (SSSR count). The zero-order valence-electron chi connectivity index (χ0n) is 42.3. The molecule has 4 N–H and O–H groups in total. The molecule has 0 aliphatic carbocycles. The number of aliphatic imine (C=N–C) groups is 1. The Labute approximate surface area is 402 Å². The van der Waals surface area contributed by atoms with Crippen molar-refractivity contribution in [3.05, 3.63) is 111 Å². The van der Waals surface area contributed by atoms with E-state index in [1.807, 2.05) is 26.8 Å². The first-order valence-corrected chi connectivity index (χ1v) is 25.0. The average Bonchev–Trinajstić information content (AvgIpc) is 3.46. The predicted molar refractivity (Wildman–Crippen MR) is 278 cm³/mol. The highest BCUT2D eigenvalue weighted by Crippen LogP contribution is 2.35. The van der Waals surface area contributed by atoms with Gasteiger partial charge in [-0.3, -0.25) is 24.7 Å². The van der Waals surface area contributed by atoms with Crippen molar-refractivity contribution in [3.8, 4) is 0 Å². The topological polar surface area (TPSA) is 133 Å². The molecule has 3 fully saturated rings. The fourth-order valence-corrected chi connectivity index (χ4v) is 9.82. The summed E-state index contributed by atoms with van der Waals surface area (Å²) in [7, 11) is 0. The Morgan fingerprint density at radius 2 is 1.61 bits per heavy atom. The Kier molecular flexibility index (Phi) is 19.9. The van der Waals surface area contributed by atoms with Gasteiger partial charge in [-0.1, -0.05) is 52.8 Å². The quantitative estimate of drug-likeness (QED) is 0.114. The molecule has 5 aliphatic rings. The number of hydrogen-bond acceptors (Lipinski definition) is 9. The van der Waals surface area contributed by atoms with Gasteiger partial charge in [0.15, 0.2) is 0 Å². The van der Waals surface area contributed by atoms with Gasteiger partial charge in [0.2, 0.25) is 5.91 Å². The van der Waals surface area contributed by atoms with Crippen LogP contribution in [0.15, 0.2) is 105 Å². The van der Waals surface area contributed by atoms with E-state index in [2.05, 4.69) is 133 Å². The molecule has 0 spiro atoms. The van der Waals surface area contributed by atoms with E-state index in [1.165, 1.54) is 51.4 Å². The number of allylic oxidation sites excluding steroid dienone is 5. The van der Waals surface area contributed by atoms with E-state index in [0.29, 0.717) is 30.8 Å². The zero-order chi connectivity index (χ0) is 48.6. The second kappa shape index (κ2) is 25.5. The van der Waals surface area contributed by atoms with Gasteiger partial charge >= 0.3 is 6.03 Å². The van der Waals surface area contributed by atoms with Crippen LogP contribution in [0, 0.1) is 12.8 Å². The lowest BCUT2D eigenvalue weighted by Gasteiger charge is -2.47. The van der Waals surface area contributed by atoms with Crippen molar-refractivity contribution in [2.24, 2.45) is 10.9 Å². The molecule has 5 heterocycles. The summed E-state index contributed by atoms with van der Waals surface area (Å²) in [5, 5.41) is 17.2. The van der Waals surface area contributed by atoms with Gasteiger partial charge in [-0.15, -0.1) is 0 Å². The normalized spacial score (nSPS) is 20.7. The van der Waals surface area contributed by atoms with Crippen LogP contribution in [-0.4, -0.2) is 97.4 Å².